The van der Waals surface area contributed by atoms with Crippen LogP contribution in [0.4, 0.5) is 4.79 Å². The summed E-state index contributed by atoms with van der Waals surface area (Å²) in [6.45, 7) is 15.9. The van der Waals surface area contributed by atoms with Crippen LogP contribution in [-0.2, 0) is 9.47 Å². The third-order valence-corrected chi connectivity index (χ3v) is 6.25. The van der Waals surface area contributed by atoms with Crippen LogP contribution < -0.4 is 0 Å². The minimum atomic E-state index is -1.16. The van der Waals surface area contributed by atoms with Gasteiger partial charge >= 0.3 is 6.09 Å². The number of ether oxygens (including phenoxy) is 2. The number of carbonyl (C=O) groups is 1. The molecule has 26 heavy (non-hydrogen) atoms. The quantitative estimate of drug-likeness (QED) is 0.347. The molecule has 1 unspecified atom stereocenters. The van der Waals surface area contributed by atoms with Crippen LogP contribution in [0.1, 0.15) is 39.6 Å². The van der Waals surface area contributed by atoms with Crippen LogP contribution in [-0.4, -0.2) is 60.6 Å². The molecule has 0 saturated heterocycles. The molecular formula is C18H35N3O3SSi. The fourth-order valence-corrected chi connectivity index (χ4v) is 3.65. The highest BCUT2D eigenvalue weighted by Crippen LogP contribution is 2.21. The summed E-state index contributed by atoms with van der Waals surface area (Å²) in [5, 5.41) is 0.868. The van der Waals surface area contributed by atoms with Crippen LogP contribution in [0.15, 0.2) is 11.2 Å². The van der Waals surface area contributed by atoms with Gasteiger partial charge in [-0.3, -0.25) is 0 Å². The molecule has 1 heterocycles. The minimum absolute atomic E-state index is 0.0642. The number of thioether (sulfide) groups is 1. The highest BCUT2D eigenvalue weighted by atomic mass is 32.2. The van der Waals surface area contributed by atoms with Crippen LogP contribution in [0, 0.1) is 0 Å². The summed E-state index contributed by atoms with van der Waals surface area (Å²) >= 11 is 1.55. The average Bonchev–Trinajstić information content (AvgIpc) is 2.97. The topological polar surface area (TPSA) is 67.5 Å². The number of hydrogen-bond acceptors (Lipinski definition) is 5. The fraction of sp³-hybridized carbons (Fsp3) is 0.778. The van der Waals surface area contributed by atoms with E-state index in [-0.39, 0.29) is 18.2 Å². The van der Waals surface area contributed by atoms with E-state index < -0.39 is 14.2 Å². The molecule has 1 atom stereocenters. The molecular weight excluding hydrogens is 366 g/mol. The molecule has 6 nitrogen and oxygen atoms in total. The van der Waals surface area contributed by atoms with Crippen molar-refractivity contribution in [2.24, 2.45) is 0 Å². The molecule has 0 aliphatic rings. The Morgan fingerprint density at radius 3 is 2.35 bits per heavy atom. The first-order chi connectivity index (χ1) is 12.0. The molecule has 1 amide bonds. The zero-order valence-electron chi connectivity index (χ0n) is 17.5. The van der Waals surface area contributed by atoms with Crippen molar-refractivity contribution in [3.8, 4) is 0 Å². The van der Waals surface area contributed by atoms with Crippen molar-refractivity contribution in [1.29, 1.82) is 0 Å². The summed E-state index contributed by atoms with van der Waals surface area (Å²) in [5.74, 6) is 0.628. The number of imidazole rings is 1. The molecule has 1 rings (SSSR count). The van der Waals surface area contributed by atoms with Gasteiger partial charge in [-0.1, -0.05) is 19.6 Å². The van der Waals surface area contributed by atoms with E-state index in [0.29, 0.717) is 19.0 Å². The number of nitrogens with zero attached hydrogens (tertiary/aromatic N) is 2. The number of nitrogens with one attached hydrogen (secondary N) is 1. The number of hydrogen-bond donors (Lipinski definition) is 1. The molecule has 0 bridgehead atoms. The van der Waals surface area contributed by atoms with Gasteiger partial charge in [-0.05, 0) is 40.0 Å². The van der Waals surface area contributed by atoms with Gasteiger partial charge in [0.15, 0.2) is 11.9 Å². The molecule has 0 radical (unpaired) electrons. The normalized spacial score (nSPS) is 13.3. The summed E-state index contributed by atoms with van der Waals surface area (Å²) in [7, 11) is -1.16. The zero-order chi connectivity index (χ0) is 19.9. The molecule has 0 saturated carbocycles. The highest BCUT2D eigenvalue weighted by molar-refractivity contribution is 7.98. The summed E-state index contributed by atoms with van der Waals surface area (Å²) in [5.41, 5.74) is 0. The third-order valence-electron chi connectivity index (χ3n) is 3.92. The molecule has 1 aromatic rings. The summed E-state index contributed by atoms with van der Waals surface area (Å²) in [6.07, 6.45) is 2.91. The van der Waals surface area contributed by atoms with Crippen molar-refractivity contribution in [3.05, 3.63) is 12.0 Å². The van der Waals surface area contributed by atoms with Gasteiger partial charge in [0.2, 0.25) is 0 Å². The molecule has 0 aliphatic carbocycles. The van der Waals surface area contributed by atoms with E-state index in [1.54, 1.807) is 16.7 Å². The van der Waals surface area contributed by atoms with E-state index in [9.17, 15) is 4.79 Å². The number of rotatable bonds is 10. The average molecular weight is 402 g/mol. The second kappa shape index (κ2) is 10.4. The number of carbonyl (C=O) groups excluding carboxylic acids is 1. The van der Waals surface area contributed by atoms with Crippen LogP contribution in [0.3, 0.4) is 0 Å². The van der Waals surface area contributed by atoms with Crippen LogP contribution >= 0.6 is 11.8 Å². The van der Waals surface area contributed by atoms with E-state index in [1.807, 2.05) is 40.1 Å². The standard InChI is InChI=1S/C18H35N3O3SSi/c1-13(2)21(14(3)4)18(22)24-15(12-23-9-10-26(6,7)8)17-19-11-16(20-17)25-5/h11,13-15H,9-10,12H2,1-8H3,(H,19,20). The van der Waals surface area contributed by atoms with Crippen molar-refractivity contribution in [2.75, 3.05) is 19.5 Å². The monoisotopic (exact) mass is 401 g/mol. The van der Waals surface area contributed by atoms with Crippen molar-refractivity contribution in [3.63, 3.8) is 0 Å². The number of aromatic nitrogens is 2. The highest BCUT2D eigenvalue weighted by Gasteiger charge is 2.27. The number of amides is 1. The van der Waals surface area contributed by atoms with Gasteiger partial charge in [0.25, 0.3) is 0 Å². The van der Waals surface area contributed by atoms with E-state index in [2.05, 4.69) is 29.6 Å². The largest absolute Gasteiger partial charge is 0.435 e. The van der Waals surface area contributed by atoms with Gasteiger partial charge in [0.05, 0.1) is 6.61 Å². The molecule has 0 spiro atoms. The van der Waals surface area contributed by atoms with E-state index >= 15 is 0 Å². The Hall–Kier alpha value is -0.993. The van der Waals surface area contributed by atoms with Gasteiger partial charge in [-0.2, -0.15) is 0 Å². The lowest BCUT2D eigenvalue weighted by molar-refractivity contribution is -0.00462. The summed E-state index contributed by atoms with van der Waals surface area (Å²) in [4.78, 5) is 22.0. The van der Waals surface area contributed by atoms with Crippen molar-refractivity contribution >= 4 is 25.9 Å². The maximum absolute atomic E-state index is 12.7. The first-order valence-electron chi connectivity index (χ1n) is 9.21. The molecule has 1 aromatic heterocycles. The van der Waals surface area contributed by atoms with E-state index in [4.69, 9.17) is 9.47 Å². The zero-order valence-corrected chi connectivity index (χ0v) is 19.3. The summed E-state index contributed by atoms with van der Waals surface area (Å²) < 4.78 is 11.6. The first kappa shape index (κ1) is 23.0. The molecule has 1 N–H and O–H groups in total. The maximum Gasteiger partial charge on any atom is 0.411 e. The second-order valence-corrected chi connectivity index (χ2v) is 14.6. The fourth-order valence-electron chi connectivity index (χ4n) is 2.53. The van der Waals surface area contributed by atoms with Crippen molar-refractivity contribution < 1.29 is 14.3 Å². The molecule has 8 heteroatoms. The lowest BCUT2D eigenvalue weighted by Crippen LogP contribution is -2.43. The Labute approximate surface area is 163 Å². The van der Waals surface area contributed by atoms with Crippen LogP contribution in [0.2, 0.25) is 25.7 Å². The minimum Gasteiger partial charge on any atom is -0.435 e. The SMILES string of the molecule is CSc1c[nH]c(C(COCC[Si](C)(C)C)OC(=O)N(C(C)C)C(C)C)n1. The third kappa shape index (κ3) is 7.71. The van der Waals surface area contributed by atoms with Crippen molar-refractivity contribution in [1.82, 2.24) is 14.9 Å². The van der Waals surface area contributed by atoms with Crippen LogP contribution in [0.25, 0.3) is 0 Å². The second-order valence-electron chi connectivity index (χ2n) is 8.18. The Balaban J connectivity index is 2.81. The van der Waals surface area contributed by atoms with Gasteiger partial charge in [0, 0.05) is 33.0 Å². The summed E-state index contributed by atoms with van der Waals surface area (Å²) in [6, 6.07) is 1.20. The van der Waals surface area contributed by atoms with Gasteiger partial charge in [-0.25, -0.2) is 9.78 Å². The van der Waals surface area contributed by atoms with E-state index in [1.165, 1.54) is 0 Å². The lowest BCUT2D eigenvalue weighted by Gasteiger charge is -2.31. The molecule has 0 aliphatic heterocycles. The Kier molecular flexibility index (Phi) is 9.19. The van der Waals surface area contributed by atoms with Crippen LogP contribution in [0.5, 0.6) is 0 Å². The lowest BCUT2D eigenvalue weighted by atomic mass is 10.2. The Bertz CT molecular complexity index is 550. The van der Waals surface area contributed by atoms with E-state index in [0.717, 1.165) is 11.1 Å². The first-order valence-corrected chi connectivity index (χ1v) is 14.1. The maximum atomic E-state index is 12.7. The number of H-pyrrole nitrogens is 1. The number of aromatic amines is 1. The predicted molar refractivity (Wildman–Crippen MR) is 111 cm³/mol. The molecule has 150 valence electrons. The van der Waals surface area contributed by atoms with Gasteiger partial charge in [-0.15, -0.1) is 11.8 Å². The Morgan fingerprint density at radius 2 is 1.88 bits per heavy atom. The molecule has 0 aromatic carbocycles. The Morgan fingerprint density at radius 1 is 1.27 bits per heavy atom. The van der Waals surface area contributed by atoms with Gasteiger partial charge in [0.1, 0.15) is 5.03 Å². The predicted octanol–water partition coefficient (Wildman–Crippen LogP) is 4.78. The smallest absolute Gasteiger partial charge is 0.411 e. The van der Waals surface area contributed by atoms with Gasteiger partial charge < -0.3 is 19.4 Å². The molecule has 0 fully saturated rings. The van der Waals surface area contributed by atoms with Crippen molar-refractivity contribution in [2.45, 2.75) is 76.6 Å².